The Labute approximate surface area is 67.3 Å². The summed E-state index contributed by atoms with van der Waals surface area (Å²) < 4.78 is 0. The van der Waals surface area contributed by atoms with Crippen molar-refractivity contribution in [1.82, 2.24) is 10.2 Å². The summed E-state index contributed by atoms with van der Waals surface area (Å²) >= 11 is 0. The van der Waals surface area contributed by atoms with Gasteiger partial charge in [0.15, 0.2) is 6.19 Å². The molecule has 0 saturated carbocycles. The lowest BCUT2D eigenvalue weighted by Gasteiger charge is -2.35. The van der Waals surface area contributed by atoms with Crippen molar-refractivity contribution in [2.24, 2.45) is 0 Å². The van der Waals surface area contributed by atoms with Crippen molar-refractivity contribution in [2.75, 3.05) is 13.1 Å². The van der Waals surface area contributed by atoms with Gasteiger partial charge in [-0.25, -0.2) is 0 Å². The summed E-state index contributed by atoms with van der Waals surface area (Å²) in [6.07, 6.45) is 3.99. The Morgan fingerprint density at radius 3 is 2.91 bits per heavy atom. The van der Waals surface area contributed by atoms with E-state index in [-0.39, 0.29) is 12.1 Å². The van der Waals surface area contributed by atoms with Crippen LogP contribution in [0.4, 0.5) is 0 Å². The molecular formula is C8H13N3. The second-order valence-electron chi connectivity index (χ2n) is 2.82. The van der Waals surface area contributed by atoms with Crippen molar-refractivity contribution in [2.45, 2.75) is 19.0 Å². The molecule has 0 radical (unpaired) electrons. The molecule has 60 valence electrons. The van der Waals surface area contributed by atoms with Crippen LogP contribution < -0.4 is 5.32 Å². The highest BCUT2D eigenvalue weighted by Crippen LogP contribution is 2.08. The normalized spacial score (nSPS) is 31.1. The summed E-state index contributed by atoms with van der Waals surface area (Å²) in [5, 5.41) is 12.0. The lowest BCUT2D eigenvalue weighted by molar-refractivity contribution is 0.209. The van der Waals surface area contributed by atoms with Crippen molar-refractivity contribution in [1.29, 1.82) is 5.26 Å². The van der Waals surface area contributed by atoms with E-state index in [1.807, 2.05) is 13.0 Å². The summed E-state index contributed by atoms with van der Waals surface area (Å²) in [6.45, 7) is 7.44. The van der Waals surface area contributed by atoms with Gasteiger partial charge in [0.1, 0.15) is 0 Å². The van der Waals surface area contributed by atoms with Crippen LogP contribution in [-0.2, 0) is 0 Å². The molecule has 0 aromatic carbocycles. The van der Waals surface area contributed by atoms with E-state index in [0.29, 0.717) is 0 Å². The SMILES string of the molecule is C=C[C@H]1CNC[C@@H](C)N1C#N. The van der Waals surface area contributed by atoms with Gasteiger partial charge in [-0.15, -0.1) is 6.58 Å². The minimum absolute atomic E-state index is 0.170. The predicted molar refractivity (Wildman–Crippen MR) is 43.8 cm³/mol. The number of hydrogen-bond acceptors (Lipinski definition) is 3. The Hall–Kier alpha value is -1.01. The van der Waals surface area contributed by atoms with E-state index in [0.717, 1.165) is 13.1 Å². The topological polar surface area (TPSA) is 39.1 Å². The lowest BCUT2D eigenvalue weighted by Crippen LogP contribution is -2.53. The third kappa shape index (κ3) is 1.52. The van der Waals surface area contributed by atoms with Crippen molar-refractivity contribution in [3.05, 3.63) is 12.7 Å². The Morgan fingerprint density at radius 1 is 1.73 bits per heavy atom. The van der Waals surface area contributed by atoms with Gasteiger partial charge in [-0.1, -0.05) is 6.08 Å². The summed E-state index contributed by atoms with van der Waals surface area (Å²) in [4.78, 5) is 1.78. The van der Waals surface area contributed by atoms with Gasteiger partial charge in [-0.3, -0.25) is 4.90 Å². The fourth-order valence-corrected chi connectivity index (χ4v) is 1.33. The Bertz CT molecular complexity index is 182. The van der Waals surface area contributed by atoms with Gasteiger partial charge in [0, 0.05) is 19.1 Å². The van der Waals surface area contributed by atoms with Crippen LogP contribution in [0.3, 0.4) is 0 Å². The molecule has 1 N–H and O–H groups in total. The monoisotopic (exact) mass is 151 g/mol. The quantitative estimate of drug-likeness (QED) is 0.433. The van der Waals surface area contributed by atoms with E-state index in [2.05, 4.69) is 18.1 Å². The molecule has 1 heterocycles. The molecule has 3 nitrogen and oxygen atoms in total. The second kappa shape index (κ2) is 3.40. The first kappa shape index (κ1) is 8.09. The lowest BCUT2D eigenvalue weighted by atomic mass is 10.1. The molecule has 1 fully saturated rings. The number of hydrogen-bond donors (Lipinski definition) is 1. The van der Waals surface area contributed by atoms with Gasteiger partial charge in [-0.2, -0.15) is 5.26 Å². The number of nitrogens with one attached hydrogen (secondary N) is 1. The van der Waals surface area contributed by atoms with Crippen molar-refractivity contribution in [3.8, 4) is 6.19 Å². The minimum Gasteiger partial charge on any atom is -0.312 e. The molecule has 11 heavy (non-hydrogen) atoms. The third-order valence-electron chi connectivity index (χ3n) is 2.01. The molecule has 1 aliphatic rings. The van der Waals surface area contributed by atoms with E-state index in [1.54, 1.807) is 4.90 Å². The second-order valence-corrected chi connectivity index (χ2v) is 2.82. The Morgan fingerprint density at radius 2 is 2.45 bits per heavy atom. The predicted octanol–water partition coefficient (Wildman–Crippen LogP) is 0.316. The Balaban J connectivity index is 2.65. The maximum absolute atomic E-state index is 8.76. The third-order valence-corrected chi connectivity index (χ3v) is 2.01. The highest BCUT2D eigenvalue weighted by molar-refractivity contribution is 5.00. The van der Waals surface area contributed by atoms with Crippen LogP contribution >= 0.6 is 0 Å². The highest BCUT2D eigenvalue weighted by atomic mass is 15.2. The molecule has 0 amide bonds. The van der Waals surface area contributed by atoms with Crippen LogP contribution in [0, 0.1) is 11.5 Å². The van der Waals surface area contributed by atoms with E-state index < -0.39 is 0 Å². The zero-order valence-corrected chi connectivity index (χ0v) is 6.75. The highest BCUT2D eigenvalue weighted by Gasteiger charge is 2.23. The summed E-state index contributed by atoms with van der Waals surface area (Å²) in [5.41, 5.74) is 0. The molecule has 0 bridgehead atoms. The van der Waals surface area contributed by atoms with Crippen LogP contribution in [0.2, 0.25) is 0 Å². The van der Waals surface area contributed by atoms with Crippen molar-refractivity contribution in [3.63, 3.8) is 0 Å². The van der Waals surface area contributed by atoms with Gasteiger partial charge >= 0.3 is 0 Å². The minimum atomic E-state index is 0.170. The first-order chi connectivity index (χ1) is 5.29. The molecule has 0 aromatic rings. The molecule has 0 spiro atoms. The standard InChI is InChI=1S/C8H13N3/c1-3-8-5-10-4-7(2)11(8)6-9/h3,7-8,10H,1,4-5H2,2H3/t7-,8+/m1/s1. The first-order valence-electron chi connectivity index (χ1n) is 3.81. The van der Waals surface area contributed by atoms with Crippen LogP contribution in [-0.4, -0.2) is 30.1 Å². The molecule has 1 aliphatic heterocycles. The van der Waals surface area contributed by atoms with Crippen molar-refractivity contribution < 1.29 is 0 Å². The number of nitrogens with zero attached hydrogens (tertiary/aromatic N) is 2. The molecule has 2 atom stereocenters. The maximum atomic E-state index is 8.76. The fraction of sp³-hybridized carbons (Fsp3) is 0.625. The maximum Gasteiger partial charge on any atom is 0.180 e. The van der Waals surface area contributed by atoms with E-state index >= 15 is 0 Å². The van der Waals surface area contributed by atoms with E-state index in [9.17, 15) is 0 Å². The van der Waals surface area contributed by atoms with Gasteiger partial charge in [0.2, 0.25) is 0 Å². The molecule has 1 saturated heterocycles. The average molecular weight is 151 g/mol. The molecule has 0 aliphatic carbocycles. The van der Waals surface area contributed by atoms with Gasteiger partial charge in [0.25, 0.3) is 0 Å². The summed E-state index contributed by atoms with van der Waals surface area (Å²) in [5.74, 6) is 0. The molecule has 0 aromatic heterocycles. The van der Waals surface area contributed by atoms with Crippen LogP contribution in [0.25, 0.3) is 0 Å². The van der Waals surface area contributed by atoms with Crippen LogP contribution in [0.5, 0.6) is 0 Å². The average Bonchev–Trinajstić information content (AvgIpc) is 2.04. The number of piperazine rings is 1. The number of rotatable bonds is 1. The van der Waals surface area contributed by atoms with Crippen molar-refractivity contribution >= 4 is 0 Å². The van der Waals surface area contributed by atoms with Gasteiger partial charge in [-0.05, 0) is 6.92 Å². The smallest absolute Gasteiger partial charge is 0.180 e. The summed E-state index contributed by atoms with van der Waals surface area (Å²) in [7, 11) is 0. The number of nitriles is 1. The zero-order chi connectivity index (χ0) is 8.27. The fourth-order valence-electron chi connectivity index (χ4n) is 1.33. The van der Waals surface area contributed by atoms with Crippen LogP contribution in [0.15, 0.2) is 12.7 Å². The molecule has 1 rings (SSSR count). The van der Waals surface area contributed by atoms with E-state index in [4.69, 9.17) is 5.26 Å². The first-order valence-corrected chi connectivity index (χ1v) is 3.81. The molecular weight excluding hydrogens is 138 g/mol. The zero-order valence-electron chi connectivity index (χ0n) is 6.75. The summed E-state index contributed by atoms with van der Waals surface area (Å²) in [6, 6.07) is 0.459. The Kier molecular flexibility index (Phi) is 2.50. The largest absolute Gasteiger partial charge is 0.312 e. The molecule has 3 heteroatoms. The van der Waals surface area contributed by atoms with Crippen LogP contribution in [0.1, 0.15) is 6.92 Å². The molecule has 0 unspecified atom stereocenters. The van der Waals surface area contributed by atoms with E-state index in [1.165, 1.54) is 0 Å². The van der Waals surface area contributed by atoms with Gasteiger partial charge < -0.3 is 5.32 Å². The van der Waals surface area contributed by atoms with Gasteiger partial charge in [0.05, 0.1) is 6.04 Å².